The Kier molecular flexibility index (Phi) is 6.16. The Hall–Kier alpha value is -1.14. The molecule has 0 aliphatic heterocycles. The van der Waals surface area contributed by atoms with Crippen molar-refractivity contribution in [3.63, 3.8) is 0 Å². The Bertz CT molecular complexity index is 276. The molecule has 0 bridgehead atoms. The number of aliphatic carboxylic acids is 3. The van der Waals surface area contributed by atoms with Crippen LogP contribution < -0.4 is 15.3 Å². The van der Waals surface area contributed by atoms with E-state index in [1.165, 1.54) is 0 Å². The Balaban J connectivity index is 0. The summed E-state index contributed by atoms with van der Waals surface area (Å²) in [7, 11) is 0. The van der Waals surface area contributed by atoms with Crippen molar-refractivity contribution in [2.24, 2.45) is 0 Å². The van der Waals surface area contributed by atoms with Gasteiger partial charge in [-0.15, -0.1) is 0 Å². The van der Waals surface area contributed by atoms with Crippen LogP contribution in [0.3, 0.4) is 0 Å². The number of carbonyl (C=O) groups is 3. The van der Waals surface area contributed by atoms with Gasteiger partial charge in [-0.25, -0.2) is 0 Å². The Morgan fingerprint density at radius 1 is 1.20 bits per heavy atom. The van der Waals surface area contributed by atoms with Crippen LogP contribution in [-0.4, -0.2) is 39.8 Å². The van der Waals surface area contributed by atoms with Crippen LogP contribution in [0.1, 0.15) is 6.42 Å². The molecule has 9 heteroatoms. The van der Waals surface area contributed by atoms with Gasteiger partial charge in [0, 0.05) is 12.4 Å². The minimum absolute atomic E-state index is 0. The maximum Gasteiger partial charge on any atom is 3.00 e. The van der Waals surface area contributed by atoms with Crippen molar-refractivity contribution in [1.82, 2.24) is 0 Å². The number of rotatable bonds is 5. The van der Waals surface area contributed by atoms with E-state index < -0.39 is 36.0 Å². The summed E-state index contributed by atoms with van der Waals surface area (Å²) in [5.41, 5.74) is -3.46. The maximum absolute atomic E-state index is 10.2. The van der Waals surface area contributed by atoms with E-state index in [4.69, 9.17) is 10.2 Å². The van der Waals surface area contributed by atoms with Gasteiger partial charge in [-0.3, -0.25) is 0 Å². The Morgan fingerprint density at radius 2 is 1.60 bits per heavy atom. The molecule has 15 heavy (non-hydrogen) atoms. The van der Waals surface area contributed by atoms with Gasteiger partial charge in [0.05, 0.1) is 11.9 Å². The molecule has 0 aromatic heterocycles. The number of hydrogen-bond donors (Lipinski definition) is 2. The first-order chi connectivity index (χ1) is 6.21. The molecule has 0 aromatic rings. The summed E-state index contributed by atoms with van der Waals surface area (Å²) in [6, 6.07) is 0. The van der Waals surface area contributed by atoms with E-state index in [1.54, 1.807) is 0 Å². The van der Waals surface area contributed by atoms with Gasteiger partial charge in [0.15, 0.2) is 0 Å². The van der Waals surface area contributed by atoms with Gasteiger partial charge < -0.3 is 39.9 Å². The van der Waals surface area contributed by atoms with Crippen molar-refractivity contribution < 1.29 is 57.3 Å². The zero-order chi connectivity index (χ0) is 11.5. The molecule has 1 radical (unpaired) electrons. The van der Waals surface area contributed by atoms with Crippen molar-refractivity contribution in [2.75, 3.05) is 0 Å². The fourth-order valence-electron chi connectivity index (χ4n) is 0.695. The van der Waals surface area contributed by atoms with Crippen molar-refractivity contribution in [1.29, 1.82) is 0 Å². The molecule has 0 amide bonds. The fourth-order valence-corrected chi connectivity index (χ4v) is 0.695. The quantitative estimate of drug-likeness (QED) is 0.491. The van der Waals surface area contributed by atoms with Crippen molar-refractivity contribution in [3.8, 4) is 0 Å². The molecule has 0 heterocycles. The third-order valence-electron chi connectivity index (χ3n) is 1.44. The first-order valence-electron chi connectivity index (χ1n) is 3.24. The Labute approximate surface area is 93.9 Å². The average Bonchev–Trinajstić information content (AvgIpc) is 2.00. The van der Waals surface area contributed by atoms with Crippen molar-refractivity contribution in [2.45, 2.75) is 18.1 Å². The Morgan fingerprint density at radius 3 is 1.80 bits per heavy atom. The maximum atomic E-state index is 10.2. The smallest absolute Gasteiger partial charge is 0.550 e. The molecule has 0 spiro atoms. The second-order valence-corrected chi connectivity index (χ2v) is 2.48. The zero-order valence-corrected chi connectivity index (χ0v) is 8.31. The van der Waals surface area contributed by atoms with Crippen molar-refractivity contribution >= 4 is 17.9 Å². The number of aliphatic hydroxyl groups is 2. The van der Waals surface area contributed by atoms with Crippen LogP contribution in [0.5, 0.6) is 0 Å². The molecule has 8 nitrogen and oxygen atoms in total. The summed E-state index contributed by atoms with van der Waals surface area (Å²) in [4.78, 5) is 30.2. The molecular weight excluding hydrogens is 252 g/mol. The first-order valence-corrected chi connectivity index (χ1v) is 3.24. The first kappa shape index (κ1) is 16.3. The topological polar surface area (TPSA) is 161 Å². The van der Waals surface area contributed by atoms with E-state index in [0.29, 0.717) is 0 Å². The SMILES string of the molecule is O=C([O-])CC(O)(C(=O)[O-])C(O)C(=O)[O-].[Cr+3]. The molecule has 0 rings (SSSR count). The molecule has 0 saturated carbocycles. The summed E-state index contributed by atoms with van der Waals surface area (Å²) in [6.07, 6.45) is -4.53. The predicted octanol–water partition coefficient (Wildman–Crippen LogP) is -6.28. The number of carboxylic acid groups (broad SMARTS) is 3. The second-order valence-electron chi connectivity index (χ2n) is 2.48. The van der Waals surface area contributed by atoms with Crippen molar-refractivity contribution in [3.05, 3.63) is 0 Å². The molecule has 2 N–H and O–H groups in total. The molecule has 2 unspecified atom stereocenters. The summed E-state index contributed by atoms with van der Waals surface area (Å²) in [6.45, 7) is 0. The molecule has 0 fully saturated rings. The van der Waals surface area contributed by atoms with E-state index in [9.17, 15) is 29.7 Å². The largest absolute Gasteiger partial charge is 3.00 e. The monoisotopic (exact) mass is 257 g/mol. The number of hydrogen-bond acceptors (Lipinski definition) is 8. The van der Waals surface area contributed by atoms with Crippen LogP contribution in [0.25, 0.3) is 0 Å². The average molecular weight is 257 g/mol. The summed E-state index contributed by atoms with van der Waals surface area (Å²) in [5, 5.41) is 47.8. The van der Waals surface area contributed by atoms with Gasteiger partial charge in [-0.05, 0) is 0 Å². The van der Waals surface area contributed by atoms with Gasteiger partial charge in [0.1, 0.15) is 11.7 Å². The second kappa shape index (κ2) is 5.67. The zero-order valence-electron chi connectivity index (χ0n) is 7.04. The van der Waals surface area contributed by atoms with Gasteiger partial charge in [-0.1, -0.05) is 0 Å². The summed E-state index contributed by atoms with van der Waals surface area (Å²) >= 11 is 0. The predicted molar refractivity (Wildman–Crippen MR) is 30.6 cm³/mol. The molecule has 0 saturated heterocycles. The van der Waals surface area contributed by atoms with Crippen LogP contribution >= 0.6 is 0 Å². The third kappa shape index (κ3) is 3.85. The normalized spacial score (nSPS) is 15.6. The van der Waals surface area contributed by atoms with Gasteiger partial charge in [0.25, 0.3) is 0 Å². The van der Waals surface area contributed by atoms with Crippen LogP contribution in [0.15, 0.2) is 0 Å². The van der Waals surface area contributed by atoms with Crippen LogP contribution in [0, 0.1) is 0 Å². The van der Waals surface area contributed by atoms with E-state index in [1.807, 2.05) is 0 Å². The number of carbonyl (C=O) groups excluding carboxylic acids is 3. The third-order valence-corrected chi connectivity index (χ3v) is 1.44. The summed E-state index contributed by atoms with van der Waals surface area (Å²) in [5.74, 6) is -6.84. The van der Waals surface area contributed by atoms with E-state index >= 15 is 0 Å². The molecule has 0 aliphatic rings. The van der Waals surface area contributed by atoms with Crippen LogP contribution in [0.4, 0.5) is 0 Å². The van der Waals surface area contributed by atoms with E-state index in [2.05, 4.69) is 0 Å². The standard InChI is InChI=1S/C6H8O8.Cr/c7-2(8)1-6(14,5(12)13)3(9)4(10)11;/h3,9,14H,1H2,(H,7,8)(H,10,11)(H,12,13);/q;+3/p-3. The minimum Gasteiger partial charge on any atom is -0.550 e. The molecule has 83 valence electrons. The van der Waals surface area contributed by atoms with Crippen LogP contribution in [-0.2, 0) is 31.7 Å². The molecule has 0 aromatic carbocycles. The van der Waals surface area contributed by atoms with Gasteiger partial charge >= 0.3 is 17.4 Å². The fraction of sp³-hybridized carbons (Fsp3) is 0.500. The van der Waals surface area contributed by atoms with Gasteiger partial charge in [-0.2, -0.15) is 0 Å². The number of carboxylic acids is 3. The van der Waals surface area contributed by atoms with E-state index in [-0.39, 0.29) is 17.4 Å². The van der Waals surface area contributed by atoms with E-state index in [0.717, 1.165) is 0 Å². The minimum atomic E-state index is -3.46. The number of aliphatic hydroxyl groups excluding tert-OH is 1. The molecule has 2 atom stereocenters. The molecule has 0 aliphatic carbocycles. The molecular formula is C6H5CrO8. The van der Waals surface area contributed by atoms with Gasteiger partial charge in [0.2, 0.25) is 0 Å². The summed E-state index contributed by atoms with van der Waals surface area (Å²) < 4.78 is 0. The van der Waals surface area contributed by atoms with Crippen LogP contribution in [0.2, 0.25) is 0 Å².